The van der Waals surface area contributed by atoms with E-state index in [4.69, 9.17) is 4.42 Å². The maximum Gasteiger partial charge on any atom is 0.278 e. The van der Waals surface area contributed by atoms with Crippen LogP contribution in [0.25, 0.3) is 11.3 Å². The molecule has 3 aromatic rings. The van der Waals surface area contributed by atoms with Crippen molar-refractivity contribution in [3.8, 4) is 11.3 Å². The number of carbonyl (C=O) groups is 1. The molecule has 4 rings (SSSR count). The SMILES string of the molecule is Cc1cc(-c2csc(NC(=O)c3n[nH]c4c3CNCC4)n2)c(C)o1.Cl. The van der Waals surface area contributed by atoms with E-state index in [1.54, 1.807) is 0 Å². The highest BCUT2D eigenvalue weighted by atomic mass is 35.5. The van der Waals surface area contributed by atoms with Gasteiger partial charge in [-0.25, -0.2) is 4.98 Å². The number of aryl methyl sites for hydroxylation is 2. The Labute approximate surface area is 154 Å². The minimum absolute atomic E-state index is 0. The van der Waals surface area contributed by atoms with Crippen LogP contribution in [0.5, 0.6) is 0 Å². The van der Waals surface area contributed by atoms with Gasteiger partial charge in [0.25, 0.3) is 5.91 Å². The fourth-order valence-corrected chi connectivity index (χ4v) is 3.61. The number of aromatic nitrogens is 3. The van der Waals surface area contributed by atoms with Crippen molar-refractivity contribution in [1.29, 1.82) is 0 Å². The lowest BCUT2D eigenvalue weighted by molar-refractivity contribution is 0.102. The molecule has 0 spiro atoms. The molecule has 0 aromatic carbocycles. The molecular weight excluding hydrogens is 362 g/mol. The first-order valence-electron chi connectivity index (χ1n) is 7.73. The lowest BCUT2D eigenvalue weighted by Crippen LogP contribution is -2.25. The number of hydrogen-bond acceptors (Lipinski definition) is 6. The molecule has 0 saturated carbocycles. The number of carbonyl (C=O) groups excluding carboxylic acids is 1. The second kappa shape index (κ2) is 6.99. The van der Waals surface area contributed by atoms with Crippen LogP contribution in [0.15, 0.2) is 15.9 Å². The van der Waals surface area contributed by atoms with Crippen molar-refractivity contribution in [3.05, 3.63) is 39.9 Å². The Hall–Kier alpha value is -2.16. The van der Waals surface area contributed by atoms with Gasteiger partial charge < -0.3 is 9.73 Å². The second-order valence-corrected chi connectivity index (χ2v) is 6.63. The lowest BCUT2D eigenvalue weighted by atomic mass is 10.1. The molecule has 1 aliphatic rings. The number of rotatable bonds is 3. The first-order valence-corrected chi connectivity index (χ1v) is 8.61. The molecule has 0 fully saturated rings. The number of thiazole rings is 1. The zero-order valence-corrected chi connectivity index (χ0v) is 15.4. The molecule has 4 heterocycles. The number of halogens is 1. The van der Waals surface area contributed by atoms with Gasteiger partial charge in [-0.3, -0.25) is 15.2 Å². The molecule has 0 atom stereocenters. The van der Waals surface area contributed by atoms with Crippen molar-refractivity contribution in [2.45, 2.75) is 26.8 Å². The summed E-state index contributed by atoms with van der Waals surface area (Å²) in [6.07, 6.45) is 0.857. The number of furan rings is 1. The monoisotopic (exact) mass is 379 g/mol. The maximum absolute atomic E-state index is 12.5. The van der Waals surface area contributed by atoms with Gasteiger partial charge in [-0.15, -0.1) is 23.7 Å². The summed E-state index contributed by atoms with van der Waals surface area (Å²) in [6, 6.07) is 1.95. The second-order valence-electron chi connectivity index (χ2n) is 5.78. The van der Waals surface area contributed by atoms with Gasteiger partial charge >= 0.3 is 0 Å². The summed E-state index contributed by atoms with van der Waals surface area (Å²) in [7, 11) is 0. The van der Waals surface area contributed by atoms with E-state index in [0.29, 0.717) is 17.4 Å². The fraction of sp³-hybridized carbons (Fsp3) is 0.312. The van der Waals surface area contributed by atoms with Gasteiger partial charge in [-0.2, -0.15) is 5.10 Å². The van der Waals surface area contributed by atoms with Crippen molar-refractivity contribution in [1.82, 2.24) is 20.5 Å². The lowest BCUT2D eigenvalue weighted by Gasteiger charge is -2.12. The van der Waals surface area contributed by atoms with Gasteiger partial charge in [-0.05, 0) is 19.9 Å². The maximum atomic E-state index is 12.5. The van der Waals surface area contributed by atoms with Crippen molar-refractivity contribution >= 4 is 34.8 Å². The molecule has 132 valence electrons. The first kappa shape index (κ1) is 17.7. The van der Waals surface area contributed by atoms with Crippen LogP contribution in [0.3, 0.4) is 0 Å². The molecule has 7 nitrogen and oxygen atoms in total. The highest BCUT2D eigenvalue weighted by molar-refractivity contribution is 7.14. The van der Waals surface area contributed by atoms with E-state index in [-0.39, 0.29) is 18.3 Å². The van der Waals surface area contributed by atoms with Crippen LogP contribution in [-0.2, 0) is 13.0 Å². The Balaban J connectivity index is 0.00000182. The van der Waals surface area contributed by atoms with E-state index >= 15 is 0 Å². The highest BCUT2D eigenvalue weighted by Gasteiger charge is 2.22. The molecule has 3 aromatic heterocycles. The standard InChI is InChI=1S/C16H17N5O2S.ClH/c1-8-5-10(9(2)23-8)13-7-24-16(18-13)19-15(22)14-11-6-17-4-3-12(11)20-21-14;/h5,7,17H,3-4,6H2,1-2H3,(H,20,21)(H,18,19,22);1H. The Morgan fingerprint density at radius 2 is 2.24 bits per heavy atom. The van der Waals surface area contributed by atoms with Crippen LogP contribution in [0.1, 0.15) is 33.3 Å². The van der Waals surface area contributed by atoms with Gasteiger partial charge in [0.2, 0.25) is 0 Å². The van der Waals surface area contributed by atoms with E-state index in [1.807, 2.05) is 25.3 Å². The van der Waals surface area contributed by atoms with Gasteiger partial charge in [0.05, 0.1) is 5.69 Å². The molecule has 1 aliphatic heterocycles. The van der Waals surface area contributed by atoms with Crippen LogP contribution in [0.4, 0.5) is 5.13 Å². The summed E-state index contributed by atoms with van der Waals surface area (Å²) >= 11 is 1.39. The molecule has 0 aliphatic carbocycles. The third-order valence-corrected chi connectivity index (χ3v) is 4.82. The van der Waals surface area contributed by atoms with Crippen LogP contribution in [-0.4, -0.2) is 27.6 Å². The van der Waals surface area contributed by atoms with Crippen molar-refractivity contribution in [3.63, 3.8) is 0 Å². The zero-order valence-electron chi connectivity index (χ0n) is 13.8. The zero-order chi connectivity index (χ0) is 16.7. The number of hydrogen-bond donors (Lipinski definition) is 3. The topological polar surface area (TPSA) is 95.8 Å². The van der Waals surface area contributed by atoms with Crippen molar-refractivity contribution in [2.75, 3.05) is 11.9 Å². The van der Waals surface area contributed by atoms with Gasteiger partial charge in [0, 0.05) is 41.7 Å². The minimum atomic E-state index is -0.239. The van der Waals surface area contributed by atoms with Crippen LogP contribution in [0.2, 0.25) is 0 Å². The summed E-state index contributed by atoms with van der Waals surface area (Å²) in [5, 5.41) is 15.7. The molecule has 0 bridgehead atoms. The van der Waals surface area contributed by atoms with E-state index < -0.39 is 0 Å². The largest absolute Gasteiger partial charge is 0.466 e. The van der Waals surface area contributed by atoms with E-state index in [0.717, 1.165) is 47.0 Å². The van der Waals surface area contributed by atoms with Gasteiger partial charge in [0.15, 0.2) is 10.8 Å². The Kier molecular flexibility index (Phi) is 4.94. The number of fused-ring (bicyclic) bond motifs is 1. The van der Waals surface area contributed by atoms with E-state index in [1.165, 1.54) is 11.3 Å². The Morgan fingerprint density at radius 1 is 1.40 bits per heavy atom. The highest BCUT2D eigenvalue weighted by Crippen LogP contribution is 2.30. The Morgan fingerprint density at radius 3 is 3.00 bits per heavy atom. The smallest absolute Gasteiger partial charge is 0.278 e. The summed E-state index contributed by atoms with van der Waals surface area (Å²) < 4.78 is 5.54. The number of anilines is 1. The predicted molar refractivity (Wildman–Crippen MR) is 98.5 cm³/mol. The van der Waals surface area contributed by atoms with Crippen molar-refractivity contribution < 1.29 is 9.21 Å². The summed E-state index contributed by atoms with van der Waals surface area (Å²) in [4.78, 5) is 17.0. The molecule has 25 heavy (non-hydrogen) atoms. The average Bonchev–Trinajstić information content (AvgIpc) is 3.25. The molecule has 0 saturated heterocycles. The predicted octanol–water partition coefficient (Wildman–Crippen LogP) is 3.06. The number of aromatic amines is 1. The third kappa shape index (κ3) is 3.33. The van der Waals surface area contributed by atoms with Gasteiger partial charge in [-0.1, -0.05) is 0 Å². The third-order valence-electron chi connectivity index (χ3n) is 4.06. The number of H-pyrrole nitrogens is 1. The molecule has 0 unspecified atom stereocenters. The summed E-state index contributed by atoms with van der Waals surface area (Å²) in [5.74, 6) is 1.43. The number of amides is 1. The average molecular weight is 380 g/mol. The van der Waals surface area contributed by atoms with Crippen LogP contribution >= 0.6 is 23.7 Å². The Bertz CT molecular complexity index is 914. The molecule has 0 radical (unpaired) electrons. The molecule has 1 amide bonds. The number of nitrogens with zero attached hydrogens (tertiary/aromatic N) is 2. The quantitative estimate of drug-likeness (QED) is 0.650. The van der Waals surface area contributed by atoms with E-state index in [2.05, 4.69) is 25.8 Å². The fourth-order valence-electron chi connectivity index (χ4n) is 2.91. The van der Waals surface area contributed by atoms with Gasteiger partial charge in [0.1, 0.15) is 11.5 Å². The molecule has 9 heteroatoms. The first-order chi connectivity index (χ1) is 11.6. The summed E-state index contributed by atoms with van der Waals surface area (Å²) in [6.45, 7) is 5.37. The normalized spacial score (nSPS) is 13.2. The van der Waals surface area contributed by atoms with Crippen molar-refractivity contribution in [2.24, 2.45) is 0 Å². The number of nitrogens with one attached hydrogen (secondary N) is 3. The molecular formula is C16H18ClN5O2S. The van der Waals surface area contributed by atoms with E-state index in [9.17, 15) is 4.79 Å². The van der Waals surface area contributed by atoms with Crippen LogP contribution in [0, 0.1) is 13.8 Å². The summed E-state index contributed by atoms with van der Waals surface area (Å²) in [5.41, 5.74) is 4.16. The molecule has 3 N–H and O–H groups in total. The van der Waals surface area contributed by atoms with Crippen LogP contribution < -0.4 is 10.6 Å². The minimum Gasteiger partial charge on any atom is -0.466 e.